The van der Waals surface area contributed by atoms with Crippen LogP contribution in [0.15, 0.2) is 24.4 Å². The van der Waals surface area contributed by atoms with Gasteiger partial charge in [0.25, 0.3) is 5.91 Å². The molecule has 1 N–H and O–H groups in total. The fourth-order valence-corrected chi connectivity index (χ4v) is 3.04. The van der Waals surface area contributed by atoms with Gasteiger partial charge in [0, 0.05) is 12.2 Å². The van der Waals surface area contributed by atoms with Crippen LogP contribution in [0.1, 0.15) is 36.2 Å². The fourth-order valence-electron chi connectivity index (χ4n) is 3.04. The van der Waals surface area contributed by atoms with Crippen molar-refractivity contribution in [3.05, 3.63) is 30.1 Å². The molecule has 1 saturated heterocycles. The van der Waals surface area contributed by atoms with Crippen molar-refractivity contribution >= 4 is 11.8 Å². The number of pyridine rings is 1. The molecule has 2 heterocycles. The standard InChI is InChI=1S/C14H17N3O2/c18-13-9-17(12-7-2-1-5-10(12)16-13)14(19)11-6-3-4-8-15-11/h3-4,6,8,10,12H,1-2,5,7,9H2,(H,16,18)/t10-,12-/m0/s1. The number of piperazine rings is 1. The number of hydrogen-bond acceptors (Lipinski definition) is 3. The van der Waals surface area contributed by atoms with E-state index in [0.717, 1.165) is 25.7 Å². The molecule has 5 nitrogen and oxygen atoms in total. The van der Waals surface area contributed by atoms with E-state index in [2.05, 4.69) is 10.3 Å². The number of nitrogens with zero attached hydrogens (tertiary/aromatic N) is 2. The lowest BCUT2D eigenvalue weighted by Crippen LogP contribution is -2.63. The van der Waals surface area contributed by atoms with Crippen LogP contribution >= 0.6 is 0 Å². The molecule has 2 aliphatic rings. The molecule has 2 amide bonds. The zero-order valence-electron chi connectivity index (χ0n) is 10.7. The monoisotopic (exact) mass is 259 g/mol. The second-order valence-electron chi connectivity index (χ2n) is 5.17. The Balaban J connectivity index is 1.85. The first-order valence-electron chi connectivity index (χ1n) is 6.77. The molecule has 1 aliphatic carbocycles. The van der Waals surface area contributed by atoms with E-state index in [0.29, 0.717) is 5.69 Å². The Morgan fingerprint density at radius 2 is 2.16 bits per heavy atom. The summed E-state index contributed by atoms with van der Waals surface area (Å²) in [5.41, 5.74) is 0.418. The average molecular weight is 259 g/mol. The van der Waals surface area contributed by atoms with Gasteiger partial charge >= 0.3 is 0 Å². The lowest BCUT2D eigenvalue weighted by Gasteiger charge is -2.43. The van der Waals surface area contributed by atoms with Crippen molar-refractivity contribution < 1.29 is 9.59 Å². The summed E-state index contributed by atoms with van der Waals surface area (Å²) in [6.45, 7) is 0.149. The molecule has 3 rings (SSSR count). The van der Waals surface area contributed by atoms with E-state index in [9.17, 15) is 9.59 Å². The first-order chi connectivity index (χ1) is 9.25. The molecule has 0 radical (unpaired) electrons. The number of amides is 2. The molecule has 1 saturated carbocycles. The van der Waals surface area contributed by atoms with Gasteiger partial charge in [0.2, 0.25) is 5.91 Å². The van der Waals surface area contributed by atoms with Crippen molar-refractivity contribution in [3.63, 3.8) is 0 Å². The number of carbonyl (C=O) groups excluding carboxylic acids is 2. The van der Waals surface area contributed by atoms with Crippen LogP contribution in [0.3, 0.4) is 0 Å². The van der Waals surface area contributed by atoms with Gasteiger partial charge in [-0.05, 0) is 25.0 Å². The maximum Gasteiger partial charge on any atom is 0.273 e. The molecule has 2 atom stereocenters. The van der Waals surface area contributed by atoms with E-state index in [1.807, 2.05) is 0 Å². The highest BCUT2D eigenvalue weighted by atomic mass is 16.2. The zero-order chi connectivity index (χ0) is 13.2. The van der Waals surface area contributed by atoms with E-state index in [1.54, 1.807) is 29.3 Å². The minimum Gasteiger partial charge on any atom is -0.350 e. The fraction of sp³-hybridized carbons (Fsp3) is 0.500. The molecule has 1 aromatic rings. The van der Waals surface area contributed by atoms with Gasteiger partial charge in [-0.2, -0.15) is 0 Å². The van der Waals surface area contributed by atoms with Crippen LogP contribution in [0.5, 0.6) is 0 Å². The van der Waals surface area contributed by atoms with Gasteiger partial charge in [-0.1, -0.05) is 18.9 Å². The van der Waals surface area contributed by atoms with E-state index >= 15 is 0 Å². The molecular weight excluding hydrogens is 242 g/mol. The topological polar surface area (TPSA) is 62.3 Å². The van der Waals surface area contributed by atoms with Crippen LogP contribution in [0.4, 0.5) is 0 Å². The molecule has 0 spiro atoms. The highest BCUT2D eigenvalue weighted by Gasteiger charge is 2.39. The van der Waals surface area contributed by atoms with E-state index in [1.165, 1.54) is 0 Å². The van der Waals surface area contributed by atoms with Crippen molar-refractivity contribution in [2.24, 2.45) is 0 Å². The summed E-state index contributed by atoms with van der Waals surface area (Å²) in [7, 11) is 0. The van der Waals surface area contributed by atoms with Crippen molar-refractivity contribution in [3.8, 4) is 0 Å². The summed E-state index contributed by atoms with van der Waals surface area (Å²) in [6, 6.07) is 5.52. The Bertz CT molecular complexity index is 489. The molecule has 0 aromatic carbocycles. The summed E-state index contributed by atoms with van der Waals surface area (Å²) in [4.78, 5) is 30.0. The minimum absolute atomic E-state index is 0.0626. The Hall–Kier alpha value is -1.91. The van der Waals surface area contributed by atoms with Gasteiger partial charge in [-0.3, -0.25) is 14.6 Å². The average Bonchev–Trinajstić information content (AvgIpc) is 2.46. The van der Waals surface area contributed by atoms with Crippen LogP contribution in [0.2, 0.25) is 0 Å². The predicted octanol–water partition coefficient (Wildman–Crippen LogP) is 0.965. The van der Waals surface area contributed by atoms with Crippen LogP contribution < -0.4 is 5.32 Å². The maximum absolute atomic E-state index is 12.5. The van der Waals surface area contributed by atoms with Crippen LogP contribution in [-0.2, 0) is 4.79 Å². The number of nitrogens with one attached hydrogen (secondary N) is 1. The Kier molecular flexibility index (Phi) is 3.19. The lowest BCUT2D eigenvalue weighted by atomic mass is 9.87. The Morgan fingerprint density at radius 3 is 2.95 bits per heavy atom. The summed E-state index contributed by atoms with van der Waals surface area (Å²) in [5, 5.41) is 3.00. The van der Waals surface area contributed by atoms with Gasteiger partial charge in [0.15, 0.2) is 0 Å². The Labute approximate surface area is 112 Å². The van der Waals surface area contributed by atoms with Gasteiger partial charge in [0.1, 0.15) is 12.2 Å². The quantitative estimate of drug-likeness (QED) is 0.817. The van der Waals surface area contributed by atoms with E-state index in [-0.39, 0.29) is 30.4 Å². The number of fused-ring (bicyclic) bond motifs is 1. The highest BCUT2D eigenvalue weighted by molar-refractivity contribution is 5.96. The van der Waals surface area contributed by atoms with Crippen molar-refractivity contribution in [2.45, 2.75) is 37.8 Å². The number of rotatable bonds is 1. The molecule has 100 valence electrons. The smallest absolute Gasteiger partial charge is 0.273 e. The number of hydrogen-bond donors (Lipinski definition) is 1. The van der Waals surface area contributed by atoms with Gasteiger partial charge in [-0.15, -0.1) is 0 Å². The third kappa shape index (κ3) is 2.32. The van der Waals surface area contributed by atoms with E-state index < -0.39 is 0 Å². The van der Waals surface area contributed by atoms with Crippen molar-refractivity contribution in [1.29, 1.82) is 0 Å². The van der Waals surface area contributed by atoms with Gasteiger partial charge < -0.3 is 10.2 Å². The number of carbonyl (C=O) groups is 2. The lowest BCUT2D eigenvalue weighted by molar-refractivity contribution is -0.127. The van der Waals surface area contributed by atoms with Crippen LogP contribution in [-0.4, -0.2) is 40.3 Å². The van der Waals surface area contributed by atoms with E-state index in [4.69, 9.17) is 0 Å². The maximum atomic E-state index is 12.5. The first-order valence-corrected chi connectivity index (χ1v) is 6.77. The molecule has 1 aliphatic heterocycles. The van der Waals surface area contributed by atoms with Gasteiger partial charge in [0.05, 0.1) is 6.04 Å². The first kappa shape index (κ1) is 12.1. The molecule has 2 fully saturated rings. The number of aromatic nitrogens is 1. The van der Waals surface area contributed by atoms with Crippen molar-refractivity contribution in [1.82, 2.24) is 15.2 Å². The molecule has 5 heteroatoms. The molecule has 0 bridgehead atoms. The zero-order valence-corrected chi connectivity index (χ0v) is 10.7. The SMILES string of the molecule is O=C1CN(C(=O)c2ccccn2)[C@H]2CCCC[C@@H]2N1. The minimum atomic E-state index is -0.132. The third-order valence-electron chi connectivity index (χ3n) is 3.94. The second-order valence-corrected chi connectivity index (χ2v) is 5.17. The molecule has 1 aromatic heterocycles. The third-order valence-corrected chi connectivity index (χ3v) is 3.94. The van der Waals surface area contributed by atoms with Gasteiger partial charge in [-0.25, -0.2) is 0 Å². The Morgan fingerprint density at radius 1 is 1.32 bits per heavy atom. The second kappa shape index (κ2) is 4.99. The molecular formula is C14H17N3O2. The van der Waals surface area contributed by atoms with Crippen LogP contribution in [0, 0.1) is 0 Å². The molecule has 19 heavy (non-hydrogen) atoms. The van der Waals surface area contributed by atoms with Crippen molar-refractivity contribution in [2.75, 3.05) is 6.54 Å². The summed E-state index contributed by atoms with van der Waals surface area (Å²) < 4.78 is 0. The van der Waals surface area contributed by atoms with Crippen LogP contribution in [0.25, 0.3) is 0 Å². The molecule has 0 unspecified atom stereocenters. The summed E-state index contributed by atoms with van der Waals surface area (Å²) >= 11 is 0. The normalized spacial score (nSPS) is 26.5. The predicted molar refractivity (Wildman–Crippen MR) is 69.5 cm³/mol. The highest BCUT2D eigenvalue weighted by Crippen LogP contribution is 2.26. The summed E-state index contributed by atoms with van der Waals surface area (Å²) in [6.07, 6.45) is 5.76. The summed E-state index contributed by atoms with van der Waals surface area (Å²) in [5.74, 6) is -0.195. The largest absolute Gasteiger partial charge is 0.350 e.